The van der Waals surface area contributed by atoms with Gasteiger partial charge in [-0.05, 0) is 154 Å². The summed E-state index contributed by atoms with van der Waals surface area (Å²) in [6, 6.07) is 110. The summed E-state index contributed by atoms with van der Waals surface area (Å²) in [4.78, 5) is 7.09. The predicted octanol–water partition coefficient (Wildman–Crippen LogP) is 19.6. The van der Waals surface area contributed by atoms with Gasteiger partial charge in [-0.2, -0.15) is 0 Å². The van der Waals surface area contributed by atoms with Crippen molar-refractivity contribution in [2.24, 2.45) is 0 Å². The van der Waals surface area contributed by atoms with E-state index in [9.17, 15) is 0 Å². The molecule has 1 unspecified atom stereocenters. The van der Waals surface area contributed by atoms with Gasteiger partial charge in [-0.1, -0.05) is 206 Å². The number of nitrogens with zero attached hydrogens (tertiary/aromatic N) is 3. The van der Waals surface area contributed by atoms with Gasteiger partial charge in [0.15, 0.2) is 0 Å². The van der Waals surface area contributed by atoms with Gasteiger partial charge in [-0.15, -0.1) is 0 Å². The van der Waals surface area contributed by atoms with Crippen LogP contribution in [0, 0.1) is 0 Å². The monoisotopic (exact) mass is 949 g/mol. The van der Waals surface area contributed by atoms with Gasteiger partial charge in [0.2, 0.25) is 0 Å². The molecule has 0 saturated heterocycles. The topological polar surface area (TPSA) is 9.72 Å². The number of hydrogen-bond donors (Lipinski definition) is 0. The molecule has 0 fully saturated rings. The Morgan fingerprint density at radius 1 is 0.230 bits per heavy atom. The first-order valence-corrected chi connectivity index (χ1v) is 25.6. The van der Waals surface area contributed by atoms with Crippen LogP contribution in [0.3, 0.4) is 0 Å². The first-order valence-electron chi connectivity index (χ1n) is 25.6. The zero-order valence-electron chi connectivity index (χ0n) is 41.2. The Balaban J connectivity index is 0.864. The third-order valence-electron chi connectivity index (χ3n) is 14.3. The molecule has 0 saturated carbocycles. The fraction of sp³-hybridized carbons (Fsp3) is 0.0423. The number of benzene rings is 12. The lowest BCUT2D eigenvalue weighted by molar-refractivity contribution is 0.680. The van der Waals surface area contributed by atoms with Crippen molar-refractivity contribution in [2.45, 2.75) is 18.8 Å². The highest BCUT2D eigenvalue weighted by atomic mass is 15.2. The summed E-state index contributed by atoms with van der Waals surface area (Å²) in [5.74, 6) is 0.366. The summed E-state index contributed by atoms with van der Waals surface area (Å²) in [7, 11) is 0. The summed E-state index contributed by atoms with van der Waals surface area (Å²) in [5.41, 5.74) is 16.3. The van der Waals surface area contributed by atoms with Crippen molar-refractivity contribution in [2.75, 3.05) is 14.7 Å². The van der Waals surface area contributed by atoms with E-state index in [0.29, 0.717) is 5.92 Å². The summed E-state index contributed by atoms with van der Waals surface area (Å²) >= 11 is 0. The largest absolute Gasteiger partial charge is 0.311 e. The van der Waals surface area contributed by atoms with Crippen molar-refractivity contribution in [3.8, 4) is 11.1 Å². The number of hydrogen-bond acceptors (Lipinski definition) is 3. The third kappa shape index (κ3) is 9.67. The molecule has 12 aromatic rings. The summed E-state index contributed by atoms with van der Waals surface area (Å²) in [5, 5.41) is 4.82. The highest BCUT2D eigenvalue weighted by Crippen LogP contribution is 2.43. The summed E-state index contributed by atoms with van der Waals surface area (Å²) < 4.78 is 0. The molecule has 0 bridgehead atoms. The molecule has 0 heterocycles. The van der Waals surface area contributed by atoms with Gasteiger partial charge in [0.1, 0.15) is 0 Å². The van der Waals surface area contributed by atoms with Crippen LogP contribution >= 0.6 is 0 Å². The molecule has 74 heavy (non-hydrogen) atoms. The zero-order valence-corrected chi connectivity index (χ0v) is 41.2. The van der Waals surface area contributed by atoms with Gasteiger partial charge in [0.25, 0.3) is 0 Å². The van der Waals surface area contributed by atoms with E-state index < -0.39 is 0 Å². The standard InChI is InChI=1S/C71H55N3/c1-5-19-53(20-6-1)51-60(55-21-7-2-8-22-55)52-54-35-41-64(42-36-54)73(70-33-17-25-58-23-13-15-31-68(58)70)65-43-37-56(38-44-65)57-39-45-66(46-40-57)74(71-34-18-26-59-24-14-16-32-69(59)71)67-49-47-63(48-50-67)72(61-27-9-3-10-28-61)62-29-11-4-12-30-62/h1-50,60H,51-52H2. The van der Waals surface area contributed by atoms with Crippen LogP contribution in [0.15, 0.2) is 303 Å². The molecule has 0 aromatic heterocycles. The zero-order chi connectivity index (χ0) is 49.5. The molecule has 12 aromatic carbocycles. The second-order valence-corrected chi connectivity index (χ2v) is 19.0. The van der Waals surface area contributed by atoms with Gasteiger partial charge in [0.05, 0.1) is 11.4 Å². The van der Waals surface area contributed by atoms with Gasteiger partial charge in [0, 0.05) is 50.6 Å². The lowest BCUT2D eigenvalue weighted by Gasteiger charge is -2.29. The van der Waals surface area contributed by atoms with Crippen molar-refractivity contribution in [1.29, 1.82) is 0 Å². The molecule has 0 N–H and O–H groups in total. The van der Waals surface area contributed by atoms with Crippen molar-refractivity contribution < 1.29 is 0 Å². The number of anilines is 9. The molecule has 0 spiro atoms. The second kappa shape index (κ2) is 21.1. The van der Waals surface area contributed by atoms with Crippen LogP contribution in [0.5, 0.6) is 0 Å². The fourth-order valence-electron chi connectivity index (χ4n) is 10.6. The van der Waals surface area contributed by atoms with E-state index in [0.717, 1.165) is 75.2 Å². The van der Waals surface area contributed by atoms with E-state index in [2.05, 4.69) is 318 Å². The lowest BCUT2D eigenvalue weighted by Crippen LogP contribution is -2.12. The Bertz CT molecular complexity index is 3700. The van der Waals surface area contributed by atoms with E-state index in [-0.39, 0.29) is 0 Å². The van der Waals surface area contributed by atoms with E-state index >= 15 is 0 Å². The van der Waals surface area contributed by atoms with E-state index in [4.69, 9.17) is 0 Å². The van der Waals surface area contributed by atoms with Crippen molar-refractivity contribution in [1.82, 2.24) is 0 Å². The van der Waals surface area contributed by atoms with E-state index in [1.54, 1.807) is 0 Å². The molecule has 354 valence electrons. The molecule has 0 radical (unpaired) electrons. The molecule has 0 amide bonds. The Labute approximate surface area is 435 Å². The molecule has 0 aliphatic carbocycles. The van der Waals surface area contributed by atoms with Crippen LogP contribution in [0.1, 0.15) is 22.6 Å². The Hall–Kier alpha value is -9.44. The van der Waals surface area contributed by atoms with E-state index in [1.165, 1.54) is 38.2 Å². The average Bonchev–Trinajstić information content (AvgIpc) is 3.48. The minimum Gasteiger partial charge on any atom is -0.311 e. The summed E-state index contributed by atoms with van der Waals surface area (Å²) in [6.45, 7) is 0. The minimum absolute atomic E-state index is 0.366. The maximum atomic E-state index is 2.41. The Morgan fingerprint density at radius 3 is 0.986 bits per heavy atom. The van der Waals surface area contributed by atoms with Gasteiger partial charge in [-0.3, -0.25) is 0 Å². The fourth-order valence-corrected chi connectivity index (χ4v) is 10.6. The molecule has 3 heteroatoms. The van der Waals surface area contributed by atoms with E-state index in [1.807, 2.05) is 0 Å². The lowest BCUT2D eigenvalue weighted by atomic mass is 9.86. The first kappa shape index (κ1) is 45.7. The number of para-hydroxylation sites is 2. The molecular formula is C71H55N3. The highest BCUT2D eigenvalue weighted by Gasteiger charge is 2.20. The SMILES string of the molecule is c1ccc(CC(Cc2ccc(N(c3ccc(-c4ccc(N(c5ccc(N(c6ccccc6)c6ccccc6)cc5)c5cccc6ccccc56)cc4)cc3)c3cccc4ccccc34)cc2)c2ccccc2)cc1. The first-order chi connectivity index (χ1) is 36.7. The smallest absolute Gasteiger partial charge is 0.0540 e. The second-order valence-electron chi connectivity index (χ2n) is 19.0. The van der Waals surface area contributed by atoms with Crippen LogP contribution in [0.25, 0.3) is 32.7 Å². The van der Waals surface area contributed by atoms with Crippen LogP contribution in [-0.2, 0) is 12.8 Å². The van der Waals surface area contributed by atoms with Crippen molar-refractivity contribution >= 4 is 72.7 Å². The maximum Gasteiger partial charge on any atom is 0.0540 e. The van der Waals surface area contributed by atoms with Crippen LogP contribution in [0.4, 0.5) is 51.2 Å². The van der Waals surface area contributed by atoms with Gasteiger partial charge < -0.3 is 14.7 Å². The predicted molar refractivity (Wildman–Crippen MR) is 314 cm³/mol. The maximum absolute atomic E-state index is 2.41. The molecule has 1 atom stereocenters. The Morgan fingerprint density at radius 2 is 0.541 bits per heavy atom. The van der Waals surface area contributed by atoms with Crippen LogP contribution in [0.2, 0.25) is 0 Å². The average molecular weight is 950 g/mol. The molecule has 0 aliphatic rings. The highest BCUT2D eigenvalue weighted by molar-refractivity contribution is 6.00. The van der Waals surface area contributed by atoms with Crippen molar-refractivity contribution in [3.05, 3.63) is 320 Å². The van der Waals surface area contributed by atoms with Crippen LogP contribution < -0.4 is 14.7 Å². The molecule has 12 rings (SSSR count). The third-order valence-corrected chi connectivity index (χ3v) is 14.3. The van der Waals surface area contributed by atoms with Gasteiger partial charge in [-0.25, -0.2) is 0 Å². The molecule has 3 nitrogen and oxygen atoms in total. The van der Waals surface area contributed by atoms with Crippen LogP contribution in [-0.4, -0.2) is 0 Å². The minimum atomic E-state index is 0.366. The summed E-state index contributed by atoms with van der Waals surface area (Å²) in [6.07, 6.45) is 1.94. The normalized spacial score (nSPS) is 11.6. The van der Waals surface area contributed by atoms with Gasteiger partial charge >= 0.3 is 0 Å². The molecule has 0 aliphatic heterocycles. The Kier molecular flexibility index (Phi) is 13.0. The quantitative estimate of drug-likeness (QED) is 0.101. The number of rotatable bonds is 15. The molecular weight excluding hydrogens is 895 g/mol. The number of fused-ring (bicyclic) bond motifs is 2. The van der Waals surface area contributed by atoms with Crippen molar-refractivity contribution in [3.63, 3.8) is 0 Å².